The number of carbonyl (C=O) groups excluding carboxylic acids is 1. The van der Waals surface area contributed by atoms with Gasteiger partial charge in [-0.2, -0.15) is 0 Å². The lowest BCUT2D eigenvalue weighted by atomic mass is 9.83. The highest BCUT2D eigenvalue weighted by atomic mass is 16.6. The lowest BCUT2D eigenvalue weighted by molar-refractivity contribution is 0.0509. The molecule has 2 N–H and O–H groups in total. The van der Waals surface area contributed by atoms with Gasteiger partial charge in [0.2, 0.25) is 0 Å². The number of hydrogen-bond acceptors (Lipinski definition) is 3. The number of ether oxygens (including phenoxy) is 1. The lowest BCUT2D eigenvalue weighted by Crippen LogP contribution is -2.49. The van der Waals surface area contributed by atoms with Gasteiger partial charge in [0.05, 0.1) is 0 Å². The normalized spacial score (nSPS) is 28.8. The first-order valence-electron chi connectivity index (χ1n) is 8.92. The average Bonchev–Trinajstić information content (AvgIpc) is 3.15. The Balaban J connectivity index is 1.80. The fourth-order valence-corrected chi connectivity index (χ4v) is 3.35. The quantitative estimate of drug-likeness (QED) is 0.811. The van der Waals surface area contributed by atoms with E-state index in [4.69, 9.17) is 4.74 Å². The Morgan fingerprint density at radius 1 is 1.27 bits per heavy atom. The van der Waals surface area contributed by atoms with E-state index in [-0.39, 0.29) is 6.09 Å². The minimum absolute atomic E-state index is 0.293. The largest absolute Gasteiger partial charge is 0.444 e. The zero-order chi connectivity index (χ0) is 16.4. The van der Waals surface area contributed by atoms with Crippen molar-refractivity contribution in [3.05, 3.63) is 0 Å². The van der Waals surface area contributed by atoms with Crippen molar-refractivity contribution in [1.82, 2.24) is 10.6 Å². The van der Waals surface area contributed by atoms with Crippen molar-refractivity contribution in [2.75, 3.05) is 6.54 Å². The molecule has 3 unspecified atom stereocenters. The van der Waals surface area contributed by atoms with Crippen LogP contribution in [0.2, 0.25) is 0 Å². The van der Waals surface area contributed by atoms with Crippen LogP contribution in [0.1, 0.15) is 73.1 Å². The van der Waals surface area contributed by atoms with Crippen LogP contribution >= 0.6 is 0 Å². The molecule has 22 heavy (non-hydrogen) atoms. The topological polar surface area (TPSA) is 50.4 Å². The molecule has 0 aliphatic heterocycles. The van der Waals surface area contributed by atoms with E-state index in [1.165, 1.54) is 38.5 Å². The third kappa shape index (κ3) is 5.15. The second-order valence-electron chi connectivity index (χ2n) is 8.58. The highest BCUT2D eigenvalue weighted by Crippen LogP contribution is 2.48. The maximum Gasteiger partial charge on any atom is 0.407 e. The van der Waals surface area contributed by atoms with Crippen molar-refractivity contribution in [1.29, 1.82) is 0 Å². The summed E-state index contributed by atoms with van der Waals surface area (Å²) < 4.78 is 5.34. The number of nitrogens with one attached hydrogen (secondary N) is 2. The van der Waals surface area contributed by atoms with Crippen LogP contribution in [0.15, 0.2) is 0 Å². The van der Waals surface area contributed by atoms with E-state index < -0.39 is 5.60 Å². The molecule has 1 amide bonds. The maximum atomic E-state index is 11.8. The van der Waals surface area contributed by atoms with E-state index in [0.717, 1.165) is 6.54 Å². The first-order chi connectivity index (χ1) is 10.2. The van der Waals surface area contributed by atoms with Crippen LogP contribution in [0.4, 0.5) is 4.79 Å². The van der Waals surface area contributed by atoms with Gasteiger partial charge in [-0.15, -0.1) is 0 Å². The SMILES string of the molecule is CC(NC1CCCCC1CNC(=O)OC(C)(C)C)C1(C)CC1. The summed E-state index contributed by atoms with van der Waals surface area (Å²) in [6, 6.07) is 1.09. The fraction of sp³-hybridized carbons (Fsp3) is 0.944. The molecule has 0 radical (unpaired) electrons. The van der Waals surface area contributed by atoms with E-state index in [9.17, 15) is 4.79 Å². The summed E-state index contributed by atoms with van der Waals surface area (Å²) in [7, 11) is 0. The van der Waals surface area contributed by atoms with Crippen LogP contribution in [0.5, 0.6) is 0 Å². The fourth-order valence-electron chi connectivity index (χ4n) is 3.35. The molecule has 0 heterocycles. The van der Waals surface area contributed by atoms with Crippen LogP contribution in [0, 0.1) is 11.3 Å². The summed E-state index contributed by atoms with van der Waals surface area (Å²) in [6.45, 7) is 11.1. The van der Waals surface area contributed by atoms with Crippen molar-refractivity contribution in [3.63, 3.8) is 0 Å². The Kier molecular flexibility index (Phi) is 5.41. The molecule has 0 aromatic rings. The van der Waals surface area contributed by atoms with Crippen LogP contribution in [0.25, 0.3) is 0 Å². The van der Waals surface area contributed by atoms with E-state index in [1.54, 1.807) is 0 Å². The van der Waals surface area contributed by atoms with Gasteiger partial charge in [-0.3, -0.25) is 0 Å². The molecular weight excluding hydrogens is 276 g/mol. The number of rotatable bonds is 5. The highest BCUT2D eigenvalue weighted by molar-refractivity contribution is 5.67. The van der Waals surface area contributed by atoms with E-state index in [1.807, 2.05) is 20.8 Å². The average molecular weight is 310 g/mol. The number of hydrogen-bond donors (Lipinski definition) is 2. The molecule has 4 heteroatoms. The summed E-state index contributed by atoms with van der Waals surface area (Å²) in [5.41, 5.74) is 0.0734. The number of alkyl carbamates (subject to hydrolysis) is 1. The third-order valence-electron chi connectivity index (χ3n) is 5.36. The first-order valence-corrected chi connectivity index (χ1v) is 8.92. The Labute approximate surface area is 135 Å². The highest BCUT2D eigenvalue weighted by Gasteiger charge is 2.43. The molecule has 2 fully saturated rings. The van der Waals surface area contributed by atoms with Crippen molar-refractivity contribution >= 4 is 6.09 Å². The van der Waals surface area contributed by atoms with Gasteiger partial charge >= 0.3 is 6.09 Å². The third-order valence-corrected chi connectivity index (χ3v) is 5.36. The van der Waals surface area contributed by atoms with Crippen LogP contribution in [0.3, 0.4) is 0 Å². The van der Waals surface area contributed by atoms with Crippen LogP contribution in [-0.4, -0.2) is 30.3 Å². The molecule has 2 aliphatic carbocycles. The minimum Gasteiger partial charge on any atom is -0.444 e. The van der Waals surface area contributed by atoms with Crippen molar-refractivity contribution < 1.29 is 9.53 Å². The molecular formula is C18H34N2O2. The predicted molar refractivity (Wildman–Crippen MR) is 89.9 cm³/mol. The molecule has 2 aliphatic rings. The van der Waals surface area contributed by atoms with Gasteiger partial charge < -0.3 is 15.4 Å². The first kappa shape index (κ1) is 17.6. The van der Waals surface area contributed by atoms with E-state index >= 15 is 0 Å². The van der Waals surface area contributed by atoms with Gasteiger partial charge in [0.15, 0.2) is 0 Å². The second-order valence-corrected chi connectivity index (χ2v) is 8.58. The summed E-state index contributed by atoms with van der Waals surface area (Å²) in [4.78, 5) is 11.8. The van der Waals surface area contributed by atoms with Crippen molar-refractivity contribution in [2.24, 2.45) is 11.3 Å². The van der Waals surface area contributed by atoms with Gasteiger partial charge in [-0.05, 0) is 64.7 Å². The van der Waals surface area contributed by atoms with Gasteiger partial charge in [-0.25, -0.2) is 4.79 Å². The van der Waals surface area contributed by atoms with Crippen LogP contribution < -0.4 is 10.6 Å². The minimum atomic E-state index is -0.427. The molecule has 0 spiro atoms. The van der Waals surface area contributed by atoms with E-state index in [2.05, 4.69) is 24.5 Å². The number of amides is 1. The Hall–Kier alpha value is -0.770. The molecule has 128 valence electrons. The summed E-state index contributed by atoms with van der Waals surface area (Å²) >= 11 is 0. The molecule has 3 atom stereocenters. The van der Waals surface area contributed by atoms with Gasteiger partial charge in [-0.1, -0.05) is 19.8 Å². The molecule has 2 saturated carbocycles. The van der Waals surface area contributed by atoms with Gasteiger partial charge in [0.25, 0.3) is 0 Å². The van der Waals surface area contributed by atoms with Crippen LogP contribution in [-0.2, 0) is 4.74 Å². The standard InChI is InChI=1S/C18H34N2O2/c1-13(18(5)10-11-18)20-15-9-7-6-8-14(15)12-19-16(21)22-17(2,3)4/h13-15,20H,6-12H2,1-5H3,(H,19,21). The van der Waals surface area contributed by atoms with Gasteiger partial charge in [0.1, 0.15) is 5.60 Å². The monoisotopic (exact) mass is 310 g/mol. The summed E-state index contributed by atoms with van der Waals surface area (Å²) in [5, 5.41) is 6.82. The maximum absolute atomic E-state index is 11.8. The van der Waals surface area contributed by atoms with Crippen molar-refractivity contribution in [3.8, 4) is 0 Å². The Morgan fingerprint density at radius 3 is 2.50 bits per heavy atom. The number of carbonyl (C=O) groups is 1. The van der Waals surface area contributed by atoms with E-state index in [0.29, 0.717) is 23.4 Å². The zero-order valence-electron chi connectivity index (χ0n) is 15.0. The summed E-state index contributed by atoms with van der Waals surface area (Å²) in [6.07, 6.45) is 7.37. The Bertz CT molecular complexity index is 385. The summed E-state index contributed by atoms with van der Waals surface area (Å²) in [5.74, 6) is 0.520. The molecule has 0 saturated heterocycles. The lowest BCUT2D eigenvalue weighted by Gasteiger charge is -2.36. The van der Waals surface area contributed by atoms with Crippen molar-refractivity contribution in [2.45, 2.75) is 90.8 Å². The molecule has 4 nitrogen and oxygen atoms in total. The smallest absolute Gasteiger partial charge is 0.407 e. The zero-order valence-corrected chi connectivity index (χ0v) is 15.0. The second kappa shape index (κ2) is 6.77. The van der Waals surface area contributed by atoms with Gasteiger partial charge in [0, 0.05) is 18.6 Å². The molecule has 0 aromatic heterocycles. The molecule has 2 rings (SSSR count). The predicted octanol–water partition coefficient (Wildman–Crippen LogP) is 3.85. The Morgan fingerprint density at radius 2 is 1.91 bits per heavy atom. The molecule has 0 bridgehead atoms. The molecule has 0 aromatic carbocycles.